The van der Waals surface area contributed by atoms with Gasteiger partial charge < -0.3 is 4.74 Å². The summed E-state index contributed by atoms with van der Waals surface area (Å²) in [7, 11) is 0. The second kappa shape index (κ2) is 11.1. The van der Waals surface area contributed by atoms with Crippen molar-refractivity contribution in [3.8, 4) is 0 Å². The van der Waals surface area contributed by atoms with Crippen LogP contribution in [0.3, 0.4) is 0 Å². The molecular weight excluding hydrogens is 464 g/mol. The largest absolute Gasteiger partial charge is 0.458 e. The van der Waals surface area contributed by atoms with Crippen LogP contribution < -0.4 is 0 Å². The molecule has 0 unspecified atom stereocenters. The first-order valence-corrected chi connectivity index (χ1v) is 16.1. The van der Waals surface area contributed by atoms with Gasteiger partial charge in [0.2, 0.25) is 0 Å². The molecule has 0 saturated heterocycles. The fourth-order valence-corrected chi connectivity index (χ4v) is 10.2. The summed E-state index contributed by atoms with van der Waals surface area (Å²) in [5, 5.41) is 0. The summed E-state index contributed by atoms with van der Waals surface area (Å²) in [6, 6.07) is 9.50. The van der Waals surface area contributed by atoms with Gasteiger partial charge in [0.15, 0.2) is 0 Å². The first-order valence-electron chi connectivity index (χ1n) is 16.1. The van der Waals surface area contributed by atoms with Crippen LogP contribution in [0.25, 0.3) is 0 Å². The van der Waals surface area contributed by atoms with E-state index in [9.17, 15) is 4.79 Å². The zero-order valence-electron chi connectivity index (χ0n) is 25.2. The molecule has 2 heteroatoms. The predicted octanol–water partition coefficient (Wildman–Crippen LogP) is 9.89. The Hall–Kier alpha value is -1.57. The standard InChI is InChI=1S/C36H54O2/c1-7-26(24(2)3)14-13-25(4)31-17-18-32-30-16-15-28-23-29(38-34(37)27-11-9-8-10-12-27)19-21-35(28,5)33(30)20-22-36(31,32)6/h8-12,15,24-26,29-33H,7,13-14,16-23H2,1-6H3/t25-,26+,29-,30-,31+,32-,33-,35-,36+/m0/s1. The summed E-state index contributed by atoms with van der Waals surface area (Å²) in [6.45, 7) is 15.1. The summed E-state index contributed by atoms with van der Waals surface area (Å²) in [4.78, 5) is 12.7. The summed E-state index contributed by atoms with van der Waals surface area (Å²) in [5.41, 5.74) is 3.10. The molecule has 0 N–H and O–H groups in total. The SMILES string of the molecule is CC[C@H](CC[C@H](C)[C@H]1CC[C@H]2[C@@H]3CC=C4C[C@@H](OC(=O)c5ccccc5)CC[C@]4(C)[C@H]3CC[C@]12C)C(C)C. The Bertz CT molecular complexity index is 994. The average molecular weight is 519 g/mol. The maximum absolute atomic E-state index is 12.7. The van der Waals surface area contributed by atoms with E-state index in [-0.39, 0.29) is 12.1 Å². The lowest BCUT2D eigenvalue weighted by Crippen LogP contribution is -2.51. The fraction of sp³-hybridized carbons (Fsp3) is 0.750. The molecule has 9 atom stereocenters. The molecule has 2 nitrogen and oxygen atoms in total. The fourth-order valence-electron chi connectivity index (χ4n) is 10.2. The molecule has 0 heterocycles. The van der Waals surface area contributed by atoms with Crippen LogP contribution in [0.15, 0.2) is 42.0 Å². The van der Waals surface area contributed by atoms with Crippen LogP contribution in [0, 0.1) is 52.3 Å². The van der Waals surface area contributed by atoms with E-state index in [1.54, 1.807) is 5.57 Å². The van der Waals surface area contributed by atoms with Gasteiger partial charge in [0.25, 0.3) is 0 Å². The van der Waals surface area contributed by atoms with Crippen molar-refractivity contribution in [2.45, 2.75) is 118 Å². The van der Waals surface area contributed by atoms with E-state index in [4.69, 9.17) is 4.74 Å². The number of esters is 1. The van der Waals surface area contributed by atoms with Gasteiger partial charge in [-0.05, 0) is 116 Å². The highest BCUT2D eigenvalue weighted by molar-refractivity contribution is 5.89. The average Bonchev–Trinajstić information content (AvgIpc) is 3.26. The molecular formula is C36H54O2. The van der Waals surface area contributed by atoms with Gasteiger partial charge >= 0.3 is 5.97 Å². The van der Waals surface area contributed by atoms with Crippen molar-refractivity contribution < 1.29 is 9.53 Å². The molecule has 3 saturated carbocycles. The van der Waals surface area contributed by atoms with E-state index in [1.807, 2.05) is 30.3 Å². The van der Waals surface area contributed by atoms with Gasteiger partial charge in [-0.2, -0.15) is 0 Å². The third-order valence-electron chi connectivity index (χ3n) is 12.6. The maximum atomic E-state index is 12.7. The molecule has 4 aliphatic rings. The second-order valence-electron chi connectivity index (χ2n) is 14.6. The lowest BCUT2D eigenvalue weighted by Gasteiger charge is -2.58. The summed E-state index contributed by atoms with van der Waals surface area (Å²) in [6.07, 6.45) is 16.9. The molecule has 0 bridgehead atoms. The van der Waals surface area contributed by atoms with Crippen LogP contribution in [0.5, 0.6) is 0 Å². The van der Waals surface area contributed by atoms with Gasteiger partial charge in [-0.15, -0.1) is 0 Å². The van der Waals surface area contributed by atoms with Gasteiger partial charge in [0.05, 0.1) is 5.56 Å². The molecule has 0 spiro atoms. The highest BCUT2D eigenvalue weighted by atomic mass is 16.5. The number of carbonyl (C=O) groups is 1. The highest BCUT2D eigenvalue weighted by Crippen LogP contribution is 2.67. The van der Waals surface area contributed by atoms with E-state index in [2.05, 4.69) is 47.6 Å². The molecule has 0 aromatic heterocycles. The normalized spacial score (nSPS) is 38.0. The molecule has 38 heavy (non-hydrogen) atoms. The Morgan fingerprint density at radius 1 is 0.974 bits per heavy atom. The van der Waals surface area contributed by atoms with Crippen LogP contribution in [-0.4, -0.2) is 12.1 Å². The van der Waals surface area contributed by atoms with Crippen molar-refractivity contribution in [2.24, 2.45) is 52.3 Å². The van der Waals surface area contributed by atoms with Crippen LogP contribution in [0.2, 0.25) is 0 Å². The van der Waals surface area contributed by atoms with Crippen molar-refractivity contribution in [1.82, 2.24) is 0 Å². The van der Waals surface area contributed by atoms with Crippen LogP contribution in [0.4, 0.5) is 0 Å². The Morgan fingerprint density at radius 2 is 1.74 bits per heavy atom. The number of hydrogen-bond acceptors (Lipinski definition) is 2. The summed E-state index contributed by atoms with van der Waals surface area (Å²) < 4.78 is 6.02. The molecule has 1 aromatic carbocycles. The predicted molar refractivity (Wildman–Crippen MR) is 158 cm³/mol. The van der Waals surface area contributed by atoms with E-state index < -0.39 is 0 Å². The molecule has 0 aliphatic heterocycles. The molecule has 0 radical (unpaired) electrons. The van der Waals surface area contributed by atoms with Gasteiger partial charge in [-0.25, -0.2) is 4.79 Å². The van der Waals surface area contributed by atoms with E-state index in [0.29, 0.717) is 16.4 Å². The van der Waals surface area contributed by atoms with Gasteiger partial charge in [-0.1, -0.05) is 84.2 Å². The Morgan fingerprint density at radius 3 is 2.45 bits per heavy atom. The topological polar surface area (TPSA) is 26.3 Å². The minimum absolute atomic E-state index is 0.0296. The van der Waals surface area contributed by atoms with Crippen molar-refractivity contribution >= 4 is 5.97 Å². The quantitative estimate of drug-likeness (QED) is 0.253. The Labute approximate surface area is 233 Å². The number of hydrogen-bond donors (Lipinski definition) is 0. The van der Waals surface area contributed by atoms with Crippen molar-refractivity contribution in [2.75, 3.05) is 0 Å². The highest BCUT2D eigenvalue weighted by Gasteiger charge is 2.59. The zero-order chi connectivity index (χ0) is 27.1. The third-order valence-corrected chi connectivity index (χ3v) is 12.6. The smallest absolute Gasteiger partial charge is 0.338 e. The Kier molecular flexibility index (Phi) is 8.19. The first-order chi connectivity index (χ1) is 18.2. The number of rotatable bonds is 8. The lowest BCUT2D eigenvalue weighted by molar-refractivity contribution is -0.0596. The van der Waals surface area contributed by atoms with Crippen molar-refractivity contribution in [1.29, 1.82) is 0 Å². The number of ether oxygens (including phenoxy) is 1. The molecule has 5 rings (SSSR count). The molecule has 210 valence electrons. The van der Waals surface area contributed by atoms with Crippen molar-refractivity contribution in [3.05, 3.63) is 47.5 Å². The number of fused-ring (bicyclic) bond motifs is 5. The third kappa shape index (κ3) is 5.03. The van der Waals surface area contributed by atoms with Crippen LogP contribution in [-0.2, 0) is 4.74 Å². The van der Waals surface area contributed by atoms with E-state index >= 15 is 0 Å². The molecule has 1 aromatic rings. The Balaban J connectivity index is 1.25. The second-order valence-corrected chi connectivity index (χ2v) is 14.6. The van der Waals surface area contributed by atoms with Gasteiger partial charge in [0.1, 0.15) is 6.10 Å². The number of carbonyl (C=O) groups excluding carboxylic acids is 1. The van der Waals surface area contributed by atoms with Gasteiger partial charge in [0, 0.05) is 6.42 Å². The summed E-state index contributed by atoms with van der Waals surface area (Å²) in [5.74, 6) is 5.86. The zero-order valence-corrected chi connectivity index (χ0v) is 25.2. The minimum Gasteiger partial charge on any atom is -0.458 e. The minimum atomic E-state index is -0.160. The number of benzene rings is 1. The first kappa shape index (κ1) is 28.0. The molecule has 0 amide bonds. The van der Waals surface area contributed by atoms with Crippen LogP contribution >= 0.6 is 0 Å². The van der Waals surface area contributed by atoms with Crippen molar-refractivity contribution in [3.63, 3.8) is 0 Å². The van der Waals surface area contributed by atoms with E-state index in [1.165, 1.54) is 57.8 Å². The monoisotopic (exact) mass is 518 g/mol. The van der Waals surface area contributed by atoms with E-state index in [0.717, 1.165) is 54.3 Å². The van der Waals surface area contributed by atoms with Crippen LogP contribution in [0.1, 0.15) is 123 Å². The maximum Gasteiger partial charge on any atom is 0.338 e. The van der Waals surface area contributed by atoms with Gasteiger partial charge in [-0.3, -0.25) is 0 Å². The number of allylic oxidation sites excluding steroid dienone is 1. The molecule has 3 fully saturated rings. The molecule has 4 aliphatic carbocycles. The summed E-state index contributed by atoms with van der Waals surface area (Å²) >= 11 is 0. The lowest BCUT2D eigenvalue weighted by atomic mass is 9.47.